The van der Waals surface area contributed by atoms with E-state index in [0.717, 1.165) is 12.5 Å². The highest BCUT2D eigenvalue weighted by Crippen LogP contribution is 2.44. The molecule has 0 aromatic carbocycles. The van der Waals surface area contributed by atoms with Crippen molar-refractivity contribution in [2.45, 2.75) is 46.2 Å². The Morgan fingerprint density at radius 2 is 2.16 bits per heavy atom. The first kappa shape index (κ1) is 15.0. The van der Waals surface area contributed by atoms with Crippen molar-refractivity contribution in [1.82, 2.24) is 4.90 Å². The lowest BCUT2D eigenvalue weighted by molar-refractivity contribution is 0.0324. The molecule has 0 radical (unpaired) electrons. The number of nitrogens with zero attached hydrogens (tertiary/aromatic N) is 1. The quantitative estimate of drug-likeness (QED) is 0.913. The van der Waals surface area contributed by atoms with Crippen molar-refractivity contribution in [3.8, 4) is 0 Å². The predicted octanol–water partition coefficient (Wildman–Crippen LogP) is 3.58. The van der Waals surface area contributed by atoms with Crippen LogP contribution >= 0.6 is 11.3 Å². The van der Waals surface area contributed by atoms with E-state index in [4.69, 9.17) is 5.73 Å². The van der Waals surface area contributed by atoms with Gasteiger partial charge in [-0.2, -0.15) is 11.3 Å². The van der Waals surface area contributed by atoms with E-state index in [9.17, 15) is 0 Å². The van der Waals surface area contributed by atoms with Gasteiger partial charge in [-0.25, -0.2) is 0 Å². The second kappa shape index (κ2) is 5.94. The maximum Gasteiger partial charge on any atom is 0.0239 e. The number of hydrogen-bond acceptors (Lipinski definition) is 3. The first-order valence-corrected chi connectivity index (χ1v) is 8.30. The maximum atomic E-state index is 6.24. The number of hydrogen-bond donors (Lipinski definition) is 1. The van der Waals surface area contributed by atoms with E-state index in [0.29, 0.717) is 17.4 Å². The zero-order chi connectivity index (χ0) is 14.0. The second-order valence-electron chi connectivity index (χ2n) is 6.88. The van der Waals surface area contributed by atoms with Gasteiger partial charge in [-0.15, -0.1) is 0 Å². The minimum absolute atomic E-state index is 0.348. The Morgan fingerprint density at radius 1 is 1.42 bits per heavy atom. The smallest absolute Gasteiger partial charge is 0.0239 e. The van der Waals surface area contributed by atoms with Crippen molar-refractivity contribution in [3.63, 3.8) is 0 Å². The summed E-state index contributed by atoms with van der Waals surface area (Å²) in [5, 5.41) is 4.41. The molecule has 1 fully saturated rings. The lowest BCUT2D eigenvalue weighted by Gasteiger charge is -2.48. The summed E-state index contributed by atoms with van der Waals surface area (Å²) in [5.41, 5.74) is 8.03. The molecule has 1 saturated carbocycles. The number of rotatable bonds is 4. The van der Waals surface area contributed by atoms with Gasteiger partial charge in [-0.05, 0) is 59.5 Å². The Hall–Kier alpha value is -0.380. The summed E-state index contributed by atoms with van der Waals surface area (Å²) >= 11 is 1.78. The van der Waals surface area contributed by atoms with Crippen LogP contribution < -0.4 is 5.73 Å². The van der Waals surface area contributed by atoms with Crippen LogP contribution in [0.1, 0.15) is 39.2 Å². The van der Waals surface area contributed by atoms with Gasteiger partial charge in [-0.1, -0.05) is 20.8 Å². The topological polar surface area (TPSA) is 29.3 Å². The molecule has 0 bridgehead atoms. The van der Waals surface area contributed by atoms with E-state index in [1.54, 1.807) is 11.3 Å². The molecule has 1 aromatic heterocycles. The normalized spacial score (nSPS) is 30.7. The summed E-state index contributed by atoms with van der Waals surface area (Å²) in [6, 6.07) is 2.61. The Labute approximate surface area is 122 Å². The van der Waals surface area contributed by atoms with Crippen LogP contribution in [0.15, 0.2) is 16.8 Å². The molecule has 108 valence electrons. The van der Waals surface area contributed by atoms with E-state index in [1.807, 2.05) is 0 Å². The Kier molecular flexibility index (Phi) is 4.70. The zero-order valence-electron chi connectivity index (χ0n) is 12.7. The van der Waals surface area contributed by atoms with Gasteiger partial charge in [0.15, 0.2) is 0 Å². The lowest BCUT2D eigenvalue weighted by atomic mass is 9.61. The highest BCUT2D eigenvalue weighted by Gasteiger charge is 2.41. The van der Waals surface area contributed by atoms with Gasteiger partial charge < -0.3 is 10.6 Å². The molecule has 3 unspecified atom stereocenters. The molecule has 1 heterocycles. The van der Waals surface area contributed by atoms with Crippen LogP contribution in [0.5, 0.6) is 0 Å². The molecule has 0 spiro atoms. The van der Waals surface area contributed by atoms with Crippen LogP contribution in [-0.2, 0) is 6.54 Å². The van der Waals surface area contributed by atoms with E-state index < -0.39 is 0 Å². The number of thiophene rings is 1. The monoisotopic (exact) mass is 280 g/mol. The molecule has 2 rings (SSSR count). The van der Waals surface area contributed by atoms with Gasteiger partial charge in [0.25, 0.3) is 0 Å². The SMILES string of the molecule is CC1C(N)CCC(CN(C)Cc2ccsc2)C1(C)C. The van der Waals surface area contributed by atoms with Gasteiger partial charge in [0.1, 0.15) is 0 Å². The summed E-state index contributed by atoms with van der Waals surface area (Å²) in [6.07, 6.45) is 2.45. The molecule has 3 heteroatoms. The van der Waals surface area contributed by atoms with E-state index in [-0.39, 0.29) is 0 Å². The average molecular weight is 280 g/mol. The highest BCUT2D eigenvalue weighted by atomic mass is 32.1. The molecule has 1 aromatic rings. The van der Waals surface area contributed by atoms with E-state index in [2.05, 4.69) is 49.5 Å². The van der Waals surface area contributed by atoms with Crippen molar-refractivity contribution in [3.05, 3.63) is 22.4 Å². The van der Waals surface area contributed by atoms with E-state index in [1.165, 1.54) is 24.9 Å². The largest absolute Gasteiger partial charge is 0.327 e. The molecule has 19 heavy (non-hydrogen) atoms. The fraction of sp³-hybridized carbons (Fsp3) is 0.750. The number of nitrogens with two attached hydrogens (primary N) is 1. The third-order valence-corrected chi connectivity index (χ3v) is 6.01. The van der Waals surface area contributed by atoms with Gasteiger partial charge >= 0.3 is 0 Å². The lowest BCUT2D eigenvalue weighted by Crippen LogP contribution is -2.49. The summed E-state index contributed by atoms with van der Waals surface area (Å²) in [4.78, 5) is 2.47. The van der Waals surface area contributed by atoms with Crippen LogP contribution in [-0.4, -0.2) is 24.5 Å². The Morgan fingerprint density at radius 3 is 2.79 bits per heavy atom. The molecule has 1 aliphatic carbocycles. The predicted molar refractivity (Wildman–Crippen MR) is 84.3 cm³/mol. The molecule has 1 aliphatic rings. The molecular weight excluding hydrogens is 252 g/mol. The minimum atomic E-state index is 0.348. The summed E-state index contributed by atoms with van der Waals surface area (Å²) in [7, 11) is 2.24. The molecule has 0 saturated heterocycles. The standard InChI is InChI=1S/C16H28N2S/c1-12-15(17)6-5-14(16(12,2)3)10-18(4)9-13-7-8-19-11-13/h7-8,11-12,14-15H,5-6,9-10,17H2,1-4H3. The van der Waals surface area contributed by atoms with Crippen molar-refractivity contribution in [1.29, 1.82) is 0 Å². The minimum Gasteiger partial charge on any atom is -0.327 e. The van der Waals surface area contributed by atoms with Gasteiger partial charge in [0.05, 0.1) is 0 Å². The highest BCUT2D eigenvalue weighted by molar-refractivity contribution is 7.07. The average Bonchev–Trinajstić information content (AvgIpc) is 2.83. The summed E-state index contributed by atoms with van der Waals surface area (Å²) in [6.45, 7) is 9.38. The van der Waals surface area contributed by atoms with Gasteiger partial charge in [0.2, 0.25) is 0 Å². The fourth-order valence-corrected chi connectivity index (χ4v) is 4.06. The zero-order valence-corrected chi connectivity index (χ0v) is 13.5. The van der Waals surface area contributed by atoms with E-state index >= 15 is 0 Å². The Bertz CT molecular complexity index is 385. The first-order valence-electron chi connectivity index (χ1n) is 7.36. The van der Waals surface area contributed by atoms with Crippen molar-refractivity contribution in [2.75, 3.05) is 13.6 Å². The second-order valence-corrected chi connectivity index (χ2v) is 7.66. The van der Waals surface area contributed by atoms with Crippen LogP contribution in [0.3, 0.4) is 0 Å². The third-order valence-electron chi connectivity index (χ3n) is 5.28. The molecule has 2 N–H and O–H groups in total. The van der Waals surface area contributed by atoms with Crippen LogP contribution in [0.25, 0.3) is 0 Å². The molecule has 0 amide bonds. The molecular formula is C16H28N2S. The first-order chi connectivity index (χ1) is 8.91. The van der Waals surface area contributed by atoms with Gasteiger partial charge in [-0.3, -0.25) is 0 Å². The van der Waals surface area contributed by atoms with Crippen LogP contribution in [0, 0.1) is 17.3 Å². The summed E-state index contributed by atoms with van der Waals surface area (Å²) < 4.78 is 0. The molecule has 2 nitrogen and oxygen atoms in total. The van der Waals surface area contributed by atoms with Crippen LogP contribution in [0.2, 0.25) is 0 Å². The van der Waals surface area contributed by atoms with Crippen molar-refractivity contribution < 1.29 is 0 Å². The summed E-state index contributed by atoms with van der Waals surface area (Å²) in [5.74, 6) is 1.37. The van der Waals surface area contributed by atoms with Gasteiger partial charge in [0, 0.05) is 19.1 Å². The molecule has 3 atom stereocenters. The van der Waals surface area contributed by atoms with Crippen LogP contribution in [0.4, 0.5) is 0 Å². The maximum absolute atomic E-state index is 6.24. The fourth-order valence-electron chi connectivity index (χ4n) is 3.40. The molecule has 0 aliphatic heterocycles. The van der Waals surface area contributed by atoms with Crippen molar-refractivity contribution in [2.24, 2.45) is 23.0 Å². The van der Waals surface area contributed by atoms with Crippen molar-refractivity contribution >= 4 is 11.3 Å². The Balaban J connectivity index is 1.94. The third kappa shape index (κ3) is 3.39.